The highest BCUT2D eigenvalue weighted by atomic mass is 35.5. The highest BCUT2D eigenvalue weighted by Gasteiger charge is 2.45. The summed E-state index contributed by atoms with van der Waals surface area (Å²) in [4.78, 5) is 38.3. The highest BCUT2D eigenvalue weighted by molar-refractivity contribution is 6.32. The number of ketones is 1. The van der Waals surface area contributed by atoms with Crippen molar-refractivity contribution >= 4 is 67.9 Å². The van der Waals surface area contributed by atoms with E-state index in [1.165, 1.54) is 57.9 Å². The first-order valence-corrected chi connectivity index (χ1v) is 23.4. The molecule has 3 aliphatic rings. The van der Waals surface area contributed by atoms with Gasteiger partial charge in [-0.3, -0.25) is 14.4 Å². The summed E-state index contributed by atoms with van der Waals surface area (Å²) in [6, 6.07) is 26.1. The van der Waals surface area contributed by atoms with E-state index in [0.717, 1.165) is 72.6 Å². The second-order valence-electron chi connectivity index (χ2n) is 18.4. The number of hydrogen-bond acceptors (Lipinski definition) is 7. The fraction of sp³-hybridized carbons (Fsp3) is 0.407. The number of unbranched alkanes of at least 4 members (excludes halogenated alkanes) is 2. The van der Waals surface area contributed by atoms with Crippen molar-refractivity contribution in [1.29, 1.82) is 0 Å². The first-order valence-electron chi connectivity index (χ1n) is 23.0. The summed E-state index contributed by atoms with van der Waals surface area (Å²) in [7, 11) is 0. The molecule has 64 heavy (non-hydrogen) atoms. The zero-order chi connectivity index (χ0) is 45.6. The lowest BCUT2D eigenvalue weighted by molar-refractivity contribution is -0.440. The number of allylic oxidation sites excluding steroid dienone is 8. The zero-order valence-corrected chi connectivity index (χ0v) is 39.1. The summed E-state index contributed by atoms with van der Waals surface area (Å²) in [6.07, 6.45) is 14.1. The molecule has 4 aromatic rings. The van der Waals surface area contributed by atoms with E-state index >= 15 is 0 Å². The van der Waals surface area contributed by atoms with Crippen molar-refractivity contribution < 1.29 is 28.8 Å². The Morgan fingerprint density at radius 1 is 0.859 bits per heavy atom. The van der Waals surface area contributed by atoms with Gasteiger partial charge in [0.05, 0.1) is 12.0 Å². The van der Waals surface area contributed by atoms with Crippen molar-refractivity contribution in [3.8, 4) is 0 Å². The van der Waals surface area contributed by atoms with E-state index < -0.39 is 12.1 Å². The maximum atomic E-state index is 12.7. The molecule has 0 saturated heterocycles. The second kappa shape index (κ2) is 20.2. The Morgan fingerprint density at radius 3 is 2.28 bits per heavy atom. The van der Waals surface area contributed by atoms with Crippen LogP contribution in [0.1, 0.15) is 97.6 Å². The number of β-amino-alcohol motifs (C(OH)–C–C–N with tert-alkyl or cyclic N) is 1. The molecular weight excluding hydrogens is 820 g/mol. The third kappa shape index (κ3) is 9.82. The van der Waals surface area contributed by atoms with Crippen molar-refractivity contribution in [3.63, 3.8) is 0 Å². The smallest absolute Gasteiger partial charge is 0.303 e. The van der Waals surface area contributed by atoms with Gasteiger partial charge in [-0.25, -0.2) is 0 Å². The van der Waals surface area contributed by atoms with Crippen LogP contribution in [0.3, 0.4) is 0 Å². The molecule has 3 N–H and O–H groups in total. The number of aliphatic hydroxyl groups excluding tert-OH is 1. The van der Waals surface area contributed by atoms with Gasteiger partial charge in [0.2, 0.25) is 5.69 Å². The molecule has 0 radical (unpaired) electrons. The number of aliphatic hydroxyl groups is 1. The predicted octanol–water partition coefficient (Wildman–Crippen LogP) is 9.99. The fourth-order valence-corrected chi connectivity index (χ4v) is 10.3. The van der Waals surface area contributed by atoms with E-state index in [4.69, 9.17) is 16.3 Å². The van der Waals surface area contributed by atoms with Gasteiger partial charge in [-0.1, -0.05) is 98.6 Å². The van der Waals surface area contributed by atoms with Gasteiger partial charge in [-0.05, 0) is 109 Å². The molecule has 0 aromatic heterocycles. The van der Waals surface area contributed by atoms with Crippen LogP contribution in [0, 0.1) is 0 Å². The number of esters is 1. The number of rotatable bonds is 18. The topological polar surface area (TPSA) is 111 Å². The van der Waals surface area contributed by atoms with Crippen LogP contribution in [0.5, 0.6) is 0 Å². The summed E-state index contributed by atoms with van der Waals surface area (Å²) in [5, 5.41) is 21.8. The van der Waals surface area contributed by atoms with Crippen LogP contribution >= 0.6 is 11.6 Å². The maximum Gasteiger partial charge on any atom is 0.303 e. The Balaban J connectivity index is 1.05. The molecule has 1 aliphatic carbocycles. The van der Waals surface area contributed by atoms with E-state index in [1.54, 1.807) is 0 Å². The number of nitrogens with one attached hydrogen (secondary N) is 2. The minimum atomic E-state index is -0.849. The summed E-state index contributed by atoms with van der Waals surface area (Å²) >= 11 is 7.35. The monoisotopic (exact) mass is 883 g/mol. The summed E-state index contributed by atoms with van der Waals surface area (Å²) in [5.74, 6) is -0.722. The molecule has 1 atom stereocenters. The normalized spacial score (nSPS) is 18.4. The van der Waals surface area contributed by atoms with Gasteiger partial charge in [0.25, 0.3) is 5.91 Å². The Hall–Kier alpha value is -5.35. The molecule has 10 heteroatoms. The summed E-state index contributed by atoms with van der Waals surface area (Å²) in [5.41, 5.74) is 9.13. The zero-order valence-electron chi connectivity index (χ0n) is 38.4. The van der Waals surface area contributed by atoms with Crippen molar-refractivity contribution in [2.75, 3.05) is 44.2 Å². The molecule has 4 aromatic carbocycles. The first-order chi connectivity index (χ1) is 30.7. The van der Waals surface area contributed by atoms with Gasteiger partial charge in [-0.15, -0.1) is 0 Å². The van der Waals surface area contributed by atoms with Crippen LogP contribution in [0.2, 0.25) is 0 Å². The SMILES string of the molecule is CC(=O)OC(C)C(=O)NCCNCC(=O)CCCCCN1/C(=C\C=C2/CCCC(/C=C/C3=[N+](CCO)c4ccc5ccccc5c4C3(C)C)=C2Cl)C(C)(C)c2c1ccc1ccccc21. The number of carbonyl (C=O) groups excluding carboxylic acids is 3. The fourth-order valence-electron chi connectivity index (χ4n) is 10.0. The molecule has 0 spiro atoms. The summed E-state index contributed by atoms with van der Waals surface area (Å²) in [6.45, 7) is 14.4. The van der Waals surface area contributed by atoms with Crippen LogP contribution in [-0.2, 0) is 30.0 Å². The Morgan fingerprint density at radius 2 is 1.56 bits per heavy atom. The molecule has 0 saturated carbocycles. The van der Waals surface area contributed by atoms with Gasteiger partial charge in [0.15, 0.2) is 18.4 Å². The number of carbonyl (C=O) groups is 3. The lowest BCUT2D eigenvalue weighted by Gasteiger charge is -2.27. The minimum Gasteiger partial charge on any atom is -0.453 e. The molecule has 0 fully saturated rings. The number of Topliss-reactive ketones (excluding diaryl/α,β-unsaturated/α-hetero) is 1. The maximum absolute atomic E-state index is 12.7. The van der Waals surface area contributed by atoms with Gasteiger partial charge >= 0.3 is 5.97 Å². The molecule has 7 rings (SSSR count). The Kier molecular flexibility index (Phi) is 14.7. The lowest BCUT2D eigenvalue weighted by atomic mass is 9.78. The number of fused-ring (bicyclic) bond motifs is 6. The standard InChI is InChI=1S/C54H63ClN4O5/c1-36(64-37(2)61)52(63)57-31-30-56-35-42(62)19-8-7-13-32-58-45-26-22-38-15-9-11-20-43(38)49(45)53(3,4)47(58)28-24-40-17-14-18-41(51(40)55)25-29-48-54(5,6)50-44-21-12-10-16-39(44)23-27-46(50)59(48)33-34-60/h9-12,15-16,20-29,36,56,60H,7-8,13-14,17-19,30-35H2,1-6H3/p+1. The molecule has 0 bridgehead atoms. The van der Waals surface area contributed by atoms with Crippen LogP contribution in [0.15, 0.2) is 119 Å². The number of amides is 1. The molecule has 2 aliphatic heterocycles. The number of ether oxygens (including phenoxy) is 1. The number of benzene rings is 4. The van der Waals surface area contributed by atoms with E-state index in [-0.39, 0.29) is 35.7 Å². The predicted molar refractivity (Wildman–Crippen MR) is 261 cm³/mol. The molecule has 336 valence electrons. The van der Waals surface area contributed by atoms with Gasteiger partial charge < -0.3 is 25.4 Å². The molecule has 1 amide bonds. The average Bonchev–Trinajstić information content (AvgIpc) is 3.63. The largest absolute Gasteiger partial charge is 0.453 e. The quantitative estimate of drug-likeness (QED) is 0.0519. The van der Waals surface area contributed by atoms with E-state index in [9.17, 15) is 19.5 Å². The van der Waals surface area contributed by atoms with Crippen molar-refractivity contribution in [2.45, 2.75) is 103 Å². The number of anilines is 1. The van der Waals surface area contributed by atoms with Crippen molar-refractivity contribution in [1.82, 2.24) is 10.6 Å². The number of halogens is 1. The molecular formula is C54H64ClN4O5+. The van der Waals surface area contributed by atoms with Crippen molar-refractivity contribution in [3.05, 3.63) is 130 Å². The second-order valence-corrected chi connectivity index (χ2v) is 18.7. The average molecular weight is 885 g/mol. The van der Waals surface area contributed by atoms with Crippen LogP contribution < -0.4 is 15.5 Å². The highest BCUT2D eigenvalue weighted by Crippen LogP contribution is 2.51. The summed E-state index contributed by atoms with van der Waals surface area (Å²) < 4.78 is 7.17. The number of hydrogen-bond donors (Lipinski definition) is 3. The van der Waals surface area contributed by atoms with E-state index in [1.807, 2.05) is 0 Å². The van der Waals surface area contributed by atoms with Crippen LogP contribution in [0.4, 0.5) is 11.4 Å². The molecule has 1 unspecified atom stereocenters. The van der Waals surface area contributed by atoms with Crippen LogP contribution in [-0.4, -0.2) is 78.5 Å². The van der Waals surface area contributed by atoms with Gasteiger partial charge in [0, 0.05) is 72.5 Å². The first kappa shape index (κ1) is 46.6. The van der Waals surface area contributed by atoms with E-state index in [2.05, 4.69) is 145 Å². The van der Waals surface area contributed by atoms with E-state index in [0.29, 0.717) is 26.1 Å². The number of nitrogens with zero attached hydrogens (tertiary/aromatic N) is 2. The van der Waals surface area contributed by atoms with Gasteiger partial charge in [-0.2, -0.15) is 4.58 Å². The third-order valence-electron chi connectivity index (χ3n) is 13.1. The molecule has 2 heterocycles. The third-order valence-corrected chi connectivity index (χ3v) is 13.6. The lowest BCUT2D eigenvalue weighted by Crippen LogP contribution is -2.39. The van der Waals surface area contributed by atoms with Crippen molar-refractivity contribution in [2.24, 2.45) is 0 Å². The molecule has 9 nitrogen and oxygen atoms in total. The Bertz CT molecular complexity index is 2600. The Labute approximate surface area is 383 Å². The van der Waals surface area contributed by atoms with Gasteiger partial charge in [0.1, 0.15) is 12.4 Å². The minimum absolute atomic E-state index is 0.0578. The van der Waals surface area contributed by atoms with Crippen LogP contribution in [0.25, 0.3) is 21.5 Å².